The number of urea groups is 1. The standard InChI is InChI=1S/C16H17F2N3O3/c1-23-13-3-2-11(10-14(13)24-15(17)18)4-9-20-16(22)21-12-5-7-19-8-6-12/h2-3,5-8,10,15H,4,9H2,1H3,(H2,19,20,21,22). The number of hydrogen-bond acceptors (Lipinski definition) is 4. The number of anilines is 1. The van der Waals surface area contributed by atoms with Gasteiger partial charge in [0.2, 0.25) is 0 Å². The van der Waals surface area contributed by atoms with Gasteiger partial charge in [-0.15, -0.1) is 0 Å². The lowest BCUT2D eigenvalue weighted by Crippen LogP contribution is -2.30. The van der Waals surface area contributed by atoms with E-state index in [1.54, 1.807) is 36.7 Å². The van der Waals surface area contributed by atoms with Gasteiger partial charge < -0.3 is 20.1 Å². The van der Waals surface area contributed by atoms with Gasteiger partial charge in [-0.1, -0.05) is 6.07 Å². The minimum Gasteiger partial charge on any atom is -0.493 e. The van der Waals surface area contributed by atoms with Crippen LogP contribution in [0.4, 0.5) is 19.3 Å². The highest BCUT2D eigenvalue weighted by molar-refractivity contribution is 5.89. The molecule has 1 aromatic heterocycles. The molecule has 0 unspecified atom stereocenters. The smallest absolute Gasteiger partial charge is 0.387 e. The maximum atomic E-state index is 12.4. The van der Waals surface area contributed by atoms with Crippen molar-refractivity contribution in [2.45, 2.75) is 13.0 Å². The fraction of sp³-hybridized carbons (Fsp3) is 0.250. The van der Waals surface area contributed by atoms with Crippen LogP contribution in [0.25, 0.3) is 0 Å². The Morgan fingerprint density at radius 2 is 1.96 bits per heavy atom. The predicted molar refractivity (Wildman–Crippen MR) is 84.6 cm³/mol. The molecule has 0 aliphatic rings. The third-order valence-electron chi connectivity index (χ3n) is 3.08. The topological polar surface area (TPSA) is 72.5 Å². The number of nitrogens with zero attached hydrogens (tertiary/aromatic N) is 1. The number of methoxy groups -OCH3 is 1. The lowest BCUT2D eigenvalue weighted by Gasteiger charge is -2.12. The summed E-state index contributed by atoms with van der Waals surface area (Å²) in [6, 6.07) is 7.70. The Labute approximate surface area is 137 Å². The molecule has 0 radical (unpaired) electrons. The number of nitrogens with one attached hydrogen (secondary N) is 2. The van der Waals surface area contributed by atoms with Crippen molar-refractivity contribution in [3.8, 4) is 11.5 Å². The van der Waals surface area contributed by atoms with E-state index in [1.807, 2.05) is 0 Å². The number of alkyl halides is 2. The zero-order valence-electron chi connectivity index (χ0n) is 13.0. The molecule has 1 aromatic carbocycles. The lowest BCUT2D eigenvalue weighted by molar-refractivity contribution is -0.0512. The molecule has 1 heterocycles. The number of aromatic nitrogens is 1. The van der Waals surface area contributed by atoms with Crippen molar-refractivity contribution >= 4 is 11.7 Å². The fourth-order valence-corrected chi connectivity index (χ4v) is 2.00. The molecule has 0 bridgehead atoms. The number of carbonyl (C=O) groups excluding carboxylic acids is 1. The van der Waals surface area contributed by atoms with Crippen molar-refractivity contribution in [2.75, 3.05) is 19.0 Å². The quantitative estimate of drug-likeness (QED) is 0.814. The van der Waals surface area contributed by atoms with E-state index in [-0.39, 0.29) is 17.5 Å². The van der Waals surface area contributed by atoms with Crippen molar-refractivity contribution < 1.29 is 23.0 Å². The largest absolute Gasteiger partial charge is 0.493 e. The summed E-state index contributed by atoms with van der Waals surface area (Å²) in [5.41, 5.74) is 1.36. The van der Waals surface area contributed by atoms with Crippen LogP contribution in [0.3, 0.4) is 0 Å². The molecule has 0 spiro atoms. The van der Waals surface area contributed by atoms with Crippen LogP contribution in [0.2, 0.25) is 0 Å². The molecule has 0 aliphatic carbocycles. The molecule has 2 aromatic rings. The molecule has 24 heavy (non-hydrogen) atoms. The number of rotatable bonds is 7. The fourth-order valence-electron chi connectivity index (χ4n) is 2.00. The van der Waals surface area contributed by atoms with Crippen LogP contribution < -0.4 is 20.1 Å². The summed E-state index contributed by atoms with van der Waals surface area (Å²) in [7, 11) is 1.37. The second-order valence-electron chi connectivity index (χ2n) is 4.73. The molecule has 2 N–H and O–H groups in total. The van der Waals surface area contributed by atoms with E-state index in [2.05, 4.69) is 20.4 Å². The number of pyridine rings is 1. The monoisotopic (exact) mass is 337 g/mol. The van der Waals surface area contributed by atoms with E-state index in [4.69, 9.17) is 4.74 Å². The number of hydrogen-bond donors (Lipinski definition) is 2. The first-order valence-corrected chi connectivity index (χ1v) is 7.15. The molecule has 6 nitrogen and oxygen atoms in total. The molecular weight excluding hydrogens is 320 g/mol. The third-order valence-corrected chi connectivity index (χ3v) is 3.08. The van der Waals surface area contributed by atoms with Crippen molar-refractivity contribution in [1.82, 2.24) is 10.3 Å². The average molecular weight is 337 g/mol. The van der Waals surface area contributed by atoms with Crippen LogP contribution in [0, 0.1) is 0 Å². The maximum absolute atomic E-state index is 12.4. The summed E-state index contributed by atoms with van der Waals surface area (Å²) in [6.07, 6.45) is 3.59. The van der Waals surface area contributed by atoms with Gasteiger partial charge in [0.05, 0.1) is 7.11 Å². The summed E-state index contributed by atoms with van der Waals surface area (Å²) in [4.78, 5) is 15.6. The number of ether oxygens (including phenoxy) is 2. The van der Waals surface area contributed by atoms with Crippen molar-refractivity contribution in [3.63, 3.8) is 0 Å². The molecule has 0 atom stereocenters. The van der Waals surface area contributed by atoms with Crippen molar-refractivity contribution in [1.29, 1.82) is 0 Å². The highest BCUT2D eigenvalue weighted by atomic mass is 19.3. The van der Waals surface area contributed by atoms with E-state index < -0.39 is 6.61 Å². The van der Waals surface area contributed by atoms with E-state index >= 15 is 0 Å². The predicted octanol–water partition coefficient (Wildman–Crippen LogP) is 3.06. The molecular formula is C16H17F2N3O3. The van der Waals surface area contributed by atoms with E-state index in [0.29, 0.717) is 18.7 Å². The van der Waals surface area contributed by atoms with E-state index in [1.165, 1.54) is 13.2 Å². The first-order chi connectivity index (χ1) is 11.6. The Balaban J connectivity index is 1.86. The summed E-state index contributed by atoms with van der Waals surface area (Å²) in [6.45, 7) is -2.60. The zero-order chi connectivity index (χ0) is 17.4. The van der Waals surface area contributed by atoms with Crippen LogP contribution in [0.5, 0.6) is 11.5 Å². The van der Waals surface area contributed by atoms with E-state index in [9.17, 15) is 13.6 Å². The van der Waals surface area contributed by atoms with Crippen LogP contribution in [0.15, 0.2) is 42.7 Å². The summed E-state index contributed by atoms with van der Waals surface area (Å²) < 4.78 is 34.2. The third kappa shape index (κ3) is 5.38. The van der Waals surface area contributed by atoms with Crippen molar-refractivity contribution in [2.24, 2.45) is 0 Å². The zero-order valence-corrected chi connectivity index (χ0v) is 13.0. The Bertz CT molecular complexity index is 669. The summed E-state index contributed by atoms with van der Waals surface area (Å²) in [5, 5.41) is 5.33. The van der Waals surface area contributed by atoms with Crippen LogP contribution in [0.1, 0.15) is 5.56 Å². The normalized spacial score (nSPS) is 10.3. The molecule has 8 heteroatoms. The highest BCUT2D eigenvalue weighted by Gasteiger charge is 2.11. The minimum absolute atomic E-state index is 0.0359. The van der Waals surface area contributed by atoms with Crippen molar-refractivity contribution in [3.05, 3.63) is 48.3 Å². The van der Waals surface area contributed by atoms with Crippen LogP contribution in [-0.2, 0) is 6.42 Å². The molecule has 0 aliphatic heterocycles. The second kappa shape index (κ2) is 8.66. The Morgan fingerprint density at radius 1 is 1.21 bits per heavy atom. The number of benzene rings is 1. The van der Waals surface area contributed by atoms with Gasteiger partial charge in [0.25, 0.3) is 0 Å². The SMILES string of the molecule is COc1ccc(CCNC(=O)Nc2ccncc2)cc1OC(F)F. The van der Waals surface area contributed by atoms with Gasteiger partial charge in [-0.05, 0) is 36.2 Å². The molecule has 0 saturated carbocycles. The second-order valence-corrected chi connectivity index (χ2v) is 4.73. The molecule has 2 amide bonds. The van der Waals surface area contributed by atoms with Gasteiger partial charge >= 0.3 is 12.6 Å². The Hall–Kier alpha value is -2.90. The average Bonchev–Trinajstić information content (AvgIpc) is 2.55. The van der Waals surface area contributed by atoms with Gasteiger partial charge in [-0.2, -0.15) is 8.78 Å². The highest BCUT2D eigenvalue weighted by Crippen LogP contribution is 2.29. The summed E-state index contributed by atoms with van der Waals surface area (Å²) in [5.74, 6) is 0.189. The first-order valence-electron chi connectivity index (χ1n) is 7.15. The van der Waals surface area contributed by atoms with Crippen LogP contribution in [-0.4, -0.2) is 31.3 Å². The van der Waals surface area contributed by atoms with Gasteiger partial charge in [-0.25, -0.2) is 4.79 Å². The van der Waals surface area contributed by atoms with Gasteiger partial charge in [0.1, 0.15) is 0 Å². The number of halogens is 2. The van der Waals surface area contributed by atoms with Crippen LogP contribution >= 0.6 is 0 Å². The number of amides is 2. The van der Waals surface area contributed by atoms with E-state index in [0.717, 1.165) is 5.56 Å². The molecule has 128 valence electrons. The van der Waals surface area contributed by atoms with Gasteiger partial charge in [0, 0.05) is 24.6 Å². The molecule has 2 rings (SSSR count). The molecule has 0 saturated heterocycles. The maximum Gasteiger partial charge on any atom is 0.387 e. The lowest BCUT2D eigenvalue weighted by atomic mass is 10.1. The molecule has 0 fully saturated rings. The Morgan fingerprint density at radius 3 is 2.62 bits per heavy atom. The Kier molecular flexibility index (Phi) is 6.30. The first kappa shape index (κ1) is 17.5. The number of carbonyl (C=O) groups is 1. The van der Waals surface area contributed by atoms with Gasteiger partial charge in [0.15, 0.2) is 11.5 Å². The summed E-state index contributed by atoms with van der Waals surface area (Å²) >= 11 is 0. The van der Waals surface area contributed by atoms with Gasteiger partial charge in [-0.3, -0.25) is 4.98 Å². The minimum atomic E-state index is -2.93.